The molecule has 22 heavy (non-hydrogen) atoms. The number of furan rings is 1. The molecule has 2 rings (SSSR count). The number of hydrogen-bond donors (Lipinski definition) is 1. The van der Waals surface area contributed by atoms with E-state index in [-0.39, 0.29) is 11.9 Å². The average molecular weight is 301 g/mol. The van der Waals surface area contributed by atoms with Crippen LogP contribution in [0.25, 0.3) is 16.5 Å². The molecule has 0 bridgehead atoms. The Kier molecular flexibility index (Phi) is 4.91. The lowest BCUT2D eigenvalue weighted by atomic mass is 10.0. The van der Waals surface area contributed by atoms with E-state index in [1.165, 1.54) is 0 Å². The summed E-state index contributed by atoms with van der Waals surface area (Å²) in [6, 6.07) is 4.04. The Labute approximate surface area is 131 Å². The van der Waals surface area contributed by atoms with Gasteiger partial charge in [-0.15, -0.1) is 0 Å². The third-order valence-corrected chi connectivity index (χ3v) is 3.86. The van der Waals surface area contributed by atoms with Crippen LogP contribution in [-0.4, -0.2) is 19.1 Å². The van der Waals surface area contributed by atoms with Gasteiger partial charge in [0.2, 0.25) is 5.91 Å². The van der Waals surface area contributed by atoms with Crippen molar-refractivity contribution in [2.75, 3.05) is 7.11 Å². The summed E-state index contributed by atoms with van der Waals surface area (Å²) in [5.41, 5.74) is 3.62. The molecule has 0 aliphatic carbocycles. The fraction of sp³-hybridized carbons (Fsp3) is 0.389. The Hall–Kier alpha value is -2.23. The molecule has 1 atom stereocenters. The fourth-order valence-corrected chi connectivity index (χ4v) is 2.32. The Morgan fingerprint density at radius 3 is 2.82 bits per heavy atom. The van der Waals surface area contributed by atoms with Gasteiger partial charge in [-0.25, -0.2) is 0 Å². The summed E-state index contributed by atoms with van der Waals surface area (Å²) in [6.07, 6.45) is 4.25. The van der Waals surface area contributed by atoms with Gasteiger partial charge in [-0.3, -0.25) is 4.79 Å². The molecule has 2 aromatic rings. The zero-order valence-electron chi connectivity index (χ0n) is 13.8. The number of allylic oxidation sites excluding steroid dienone is 1. The van der Waals surface area contributed by atoms with Gasteiger partial charge < -0.3 is 14.5 Å². The van der Waals surface area contributed by atoms with Crippen molar-refractivity contribution in [1.29, 1.82) is 0 Å². The maximum absolute atomic E-state index is 12.0. The van der Waals surface area contributed by atoms with Gasteiger partial charge in [0.1, 0.15) is 11.3 Å². The van der Waals surface area contributed by atoms with Crippen LogP contribution in [0.5, 0.6) is 5.75 Å². The number of rotatable bonds is 5. The summed E-state index contributed by atoms with van der Waals surface area (Å²) in [6.45, 7) is 7.94. The van der Waals surface area contributed by atoms with Crippen LogP contribution in [0.2, 0.25) is 0 Å². The highest BCUT2D eigenvalue weighted by molar-refractivity contribution is 5.97. The van der Waals surface area contributed by atoms with Crippen LogP contribution in [0.1, 0.15) is 38.3 Å². The minimum Gasteiger partial charge on any atom is -0.496 e. The molecule has 0 spiro atoms. The van der Waals surface area contributed by atoms with Crippen LogP contribution in [0.3, 0.4) is 0 Å². The second kappa shape index (κ2) is 6.69. The number of carbonyl (C=O) groups excluding carboxylic acids is 1. The first-order valence-corrected chi connectivity index (χ1v) is 7.51. The summed E-state index contributed by atoms with van der Waals surface area (Å²) in [5.74, 6) is 0.616. The Balaban J connectivity index is 2.39. The molecule has 1 aromatic carbocycles. The van der Waals surface area contributed by atoms with Crippen molar-refractivity contribution in [2.24, 2.45) is 0 Å². The highest BCUT2D eigenvalue weighted by atomic mass is 16.5. The number of carbonyl (C=O) groups is 1. The molecule has 1 heterocycles. The molecule has 0 aliphatic heterocycles. The monoisotopic (exact) mass is 301 g/mol. The average Bonchev–Trinajstić information content (AvgIpc) is 2.86. The van der Waals surface area contributed by atoms with Gasteiger partial charge in [-0.05, 0) is 44.4 Å². The van der Waals surface area contributed by atoms with E-state index in [0.717, 1.165) is 34.1 Å². The molecule has 0 saturated heterocycles. The van der Waals surface area contributed by atoms with Crippen molar-refractivity contribution < 1.29 is 13.9 Å². The predicted octanol–water partition coefficient (Wildman–Crippen LogP) is 4.07. The van der Waals surface area contributed by atoms with Gasteiger partial charge in [0.15, 0.2) is 0 Å². The molecule has 0 saturated carbocycles. The maximum atomic E-state index is 12.0. The van der Waals surface area contributed by atoms with E-state index < -0.39 is 0 Å². The standard InChI is InChI=1S/C18H23NO3/c1-6-13(4)19-18(20)7-11(2)14-8-15-12(3)10-22-17(15)9-16(14)21-5/h7-10,13H,6H2,1-5H3,(H,19,20)/b11-7+. The second-order valence-corrected chi connectivity index (χ2v) is 5.61. The van der Waals surface area contributed by atoms with E-state index in [1.54, 1.807) is 19.4 Å². The van der Waals surface area contributed by atoms with Crippen molar-refractivity contribution >= 4 is 22.4 Å². The normalized spacial score (nSPS) is 13.2. The molecule has 4 nitrogen and oxygen atoms in total. The minimum absolute atomic E-state index is 0.0853. The van der Waals surface area contributed by atoms with Gasteiger partial charge in [0.25, 0.3) is 0 Å². The molecular formula is C18H23NO3. The second-order valence-electron chi connectivity index (χ2n) is 5.61. The first kappa shape index (κ1) is 16.1. The van der Waals surface area contributed by atoms with Crippen LogP contribution < -0.4 is 10.1 Å². The van der Waals surface area contributed by atoms with Gasteiger partial charge in [0.05, 0.1) is 13.4 Å². The Morgan fingerprint density at radius 1 is 1.45 bits per heavy atom. The quantitative estimate of drug-likeness (QED) is 0.847. The number of benzene rings is 1. The van der Waals surface area contributed by atoms with Crippen LogP contribution in [-0.2, 0) is 4.79 Å². The summed E-state index contributed by atoms with van der Waals surface area (Å²) >= 11 is 0. The molecule has 118 valence electrons. The summed E-state index contributed by atoms with van der Waals surface area (Å²) in [4.78, 5) is 12.0. The molecule has 4 heteroatoms. The lowest BCUT2D eigenvalue weighted by molar-refractivity contribution is -0.117. The van der Waals surface area contributed by atoms with E-state index in [1.807, 2.05) is 39.8 Å². The zero-order valence-corrected chi connectivity index (χ0v) is 13.8. The first-order valence-electron chi connectivity index (χ1n) is 7.51. The van der Waals surface area contributed by atoms with Crippen molar-refractivity contribution in [3.05, 3.63) is 35.6 Å². The topological polar surface area (TPSA) is 51.5 Å². The highest BCUT2D eigenvalue weighted by Gasteiger charge is 2.12. The first-order chi connectivity index (χ1) is 10.5. The molecule has 1 amide bonds. The van der Waals surface area contributed by atoms with Crippen molar-refractivity contribution in [2.45, 2.75) is 40.2 Å². The Morgan fingerprint density at radius 2 is 2.18 bits per heavy atom. The summed E-state index contributed by atoms with van der Waals surface area (Å²) < 4.78 is 10.9. The SMILES string of the molecule is CCC(C)NC(=O)/C=C(\C)c1cc2c(C)coc2cc1OC. The van der Waals surface area contributed by atoms with Crippen LogP contribution >= 0.6 is 0 Å². The van der Waals surface area contributed by atoms with E-state index in [9.17, 15) is 4.79 Å². The molecular weight excluding hydrogens is 278 g/mol. The third-order valence-electron chi connectivity index (χ3n) is 3.86. The maximum Gasteiger partial charge on any atom is 0.244 e. The zero-order chi connectivity index (χ0) is 16.3. The van der Waals surface area contributed by atoms with Crippen molar-refractivity contribution in [3.63, 3.8) is 0 Å². The number of amides is 1. The number of aryl methyl sites for hydroxylation is 1. The number of methoxy groups -OCH3 is 1. The van der Waals surface area contributed by atoms with Crippen LogP contribution in [0.15, 0.2) is 28.9 Å². The van der Waals surface area contributed by atoms with Gasteiger partial charge in [-0.1, -0.05) is 6.92 Å². The molecule has 0 fully saturated rings. The lowest BCUT2D eigenvalue weighted by Crippen LogP contribution is -2.30. The summed E-state index contributed by atoms with van der Waals surface area (Å²) in [7, 11) is 1.62. The van der Waals surface area contributed by atoms with E-state index in [0.29, 0.717) is 5.75 Å². The van der Waals surface area contributed by atoms with E-state index >= 15 is 0 Å². The summed E-state index contributed by atoms with van der Waals surface area (Å²) in [5, 5.41) is 3.97. The molecule has 0 aliphatic rings. The van der Waals surface area contributed by atoms with Gasteiger partial charge in [0, 0.05) is 29.1 Å². The third kappa shape index (κ3) is 3.32. The van der Waals surface area contributed by atoms with Crippen molar-refractivity contribution in [3.8, 4) is 5.75 Å². The molecule has 1 aromatic heterocycles. The molecule has 0 radical (unpaired) electrons. The van der Waals surface area contributed by atoms with Crippen LogP contribution in [0.4, 0.5) is 0 Å². The molecule has 1 N–H and O–H groups in total. The number of nitrogens with one attached hydrogen (secondary N) is 1. The number of fused-ring (bicyclic) bond motifs is 1. The number of hydrogen-bond acceptors (Lipinski definition) is 3. The van der Waals surface area contributed by atoms with Gasteiger partial charge >= 0.3 is 0 Å². The predicted molar refractivity (Wildman–Crippen MR) is 89.0 cm³/mol. The lowest BCUT2D eigenvalue weighted by Gasteiger charge is -2.12. The molecule has 1 unspecified atom stereocenters. The van der Waals surface area contributed by atoms with E-state index in [4.69, 9.17) is 9.15 Å². The smallest absolute Gasteiger partial charge is 0.244 e. The van der Waals surface area contributed by atoms with E-state index in [2.05, 4.69) is 5.32 Å². The largest absolute Gasteiger partial charge is 0.496 e. The number of ether oxygens (including phenoxy) is 1. The highest BCUT2D eigenvalue weighted by Crippen LogP contribution is 2.33. The van der Waals surface area contributed by atoms with Crippen molar-refractivity contribution in [1.82, 2.24) is 5.32 Å². The van der Waals surface area contributed by atoms with Gasteiger partial charge in [-0.2, -0.15) is 0 Å². The minimum atomic E-state index is -0.0853. The fourth-order valence-electron chi connectivity index (χ4n) is 2.32. The Bertz CT molecular complexity index is 712. The van der Waals surface area contributed by atoms with Crippen LogP contribution in [0, 0.1) is 6.92 Å².